The fraction of sp³-hybridized carbons (Fsp3) is 0.929. The van der Waals surface area contributed by atoms with Gasteiger partial charge in [0, 0.05) is 19.6 Å². The fourth-order valence-electron chi connectivity index (χ4n) is 2.38. The van der Waals surface area contributed by atoms with Crippen molar-refractivity contribution in [3.63, 3.8) is 0 Å². The Morgan fingerprint density at radius 2 is 1.81 bits per heavy atom. The Morgan fingerprint density at radius 1 is 1.12 bits per heavy atom. The Kier molecular flexibility index (Phi) is 6.70. The van der Waals surface area contributed by atoms with Gasteiger partial charge in [-0.25, -0.2) is 0 Å². The Balaban J connectivity index is 1.86. The zero-order valence-corrected chi connectivity index (χ0v) is 10.8. The van der Waals surface area contributed by atoms with Crippen molar-refractivity contribution in [2.75, 3.05) is 13.2 Å². The molecule has 0 N–H and O–H groups in total. The number of Topliss-reactive ketones (excluding diaryl/α,β-unsaturated/α-hetero) is 1. The van der Waals surface area contributed by atoms with Gasteiger partial charge in [-0.1, -0.05) is 32.6 Å². The van der Waals surface area contributed by atoms with Gasteiger partial charge in [0.2, 0.25) is 0 Å². The number of carbonyl (C=O) groups is 1. The molecule has 94 valence electrons. The summed E-state index contributed by atoms with van der Waals surface area (Å²) in [4.78, 5) is 10.7. The molecule has 2 heteroatoms. The van der Waals surface area contributed by atoms with E-state index in [1.165, 1.54) is 32.1 Å². The van der Waals surface area contributed by atoms with Crippen LogP contribution in [-0.2, 0) is 9.53 Å². The van der Waals surface area contributed by atoms with Crippen LogP contribution in [0.3, 0.4) is 0 Å². The number of ketones is 1. The molecule has 1 aliphatic rings. The van der Waals surface area contributed by atoms with Crippen LogP contribution in [-0.4, -0.2) is 19.0 Å². The average Bonchev–Trinajstić information content (AvgIpc) is 2.62. The van der Waals surface area contributed by atoms with Gasteiger partial charge in [-0.3, -0.25) is 0 Å². The molecule has 0 radical (unpaired) electrons. The van der Waals surface area contributed by atoms with E-state index in [2.05, 4.69) is 6.92 Å². The minimum atomic E-state index is 0.330. The van der Waals surface area contributed by atoms with E-state index in [0.717, 1.165) is 37.9 Å². The molecule has 0 bridgehead atoms. The summed E-state index contributed by atoms with van der Waals surface area (Å²) in [6.45, 7) is 5.92. The summed E-state index contributed by atoms with van der Waals surface area (Å²) >= 11 is 0. The van der Waals surface area contributed by atoms with Crippen molar-refractivity contribution in [2.24, 2.45) is 11.8 Å². The third kappa shape index (κ3) is 5.64. The number of ether oxygens (including phenoxy) is 1. The summed E-state index contributed by atoms with van der Waals surface area (Å²) in [7, 11) is 0. The summed E-state index contributed by atoms with van der Waals surface area (Å²) in [5.74, 6) is 1.90. The fourth-order valence-corrected chi connectivity index (χ4v) is 2.38. The second-order valence-electron chi connectivity index (χ2n) is 5.28. The van der Waals surface area contributed by atoms with Gasteiger partial charge in [0.15, 0.2) is 0 Å². The molecule has 2 nitrogen and oxygen atoms in total. The molecule has 1 saturated heterocycles. The largest absolute Gasteiger partial charge is 0.381 e. The van der Waals surface area contributed by atoms with Crippen molar-refractivity contribution in [1.29, 1.82) is 0 Å². The molecule has 2 atom stereocenters. The van der Waals surface area contributed by atoms with E-state index in [1.54, 1.807) is 6.92 Å². The topological polar surface area (TPSA) is 26.3 Å². The zero-order chi connectivity index (χ0) is 11.8. The quantitative estimate of drug-likeness (QED) is 0.591. The van der Waals surface area contributed by atoms with E-state index in [1.807, 2.05) is 0 Å². The van der Waals surface area contributed by atoms with Crippen molar-refractivity contribution >= 4 is 5.78 Å². The third-order valence-electron chi connectivity index (χ3n) is 3.62. The van der Waals surface area contributed by atoms with E-state index in [4.69, 9.17) is 4.74 Å². The second kappa shape index (κ2) is 7.83. The van der Waals surface area contributed by atoms with Crippen molar-refractivity contribution in [3.05, 3.63) is 0 Å². The first kappa shape index (κ1) is 13.7. The maximum absolute atomic E-state index is 10.7. The first-order valence-corrected chi connectivity index (χ1v) is 6.77. The highest BCUT2D eigenvalue weighted by atomic mass is 16.5. The Morgan fingerprint density at radius 3 is 2.44 bits per heavy atom. The molecular formula is C14H26O2. The maximum atomic E-state index is 10.7. The zero-order valence-electron chi connectivity index (χ0n) is 10.8. The van der Waals surface area contributed by atoms with Gasteiger partial charge in [0.1, 0.15) is 5.78 Å². The first-order chi connectivity index (χ1) is 7.70. The SMILES string of the molecule is CC(=O)CCCCCCCC1COCC1C. The van der Waals surface area contributed by atoms with Crippen LogP contribution in [0.5, 0.6) is 0 Å². The molecule has 1 aliphatic heterocycles. The number of carbonyl (C=O) groups excluding carboxylic acids is 1. The number of hydrogen-bond acceptors (Lipinski definition) is 2. The van der Waals surface area contributed by atoms with Crippen LogP contribution in [0.4, 0.5) is 0 Å². The monoisotopic (exact) mass is 226 g/mol. The van der Waals surface area contributed by atoms with Crippen molar-refractivity contribution in [1.82, 2.24) is 0 Å². The van der Waals surface area contributed by atoms with Crippen molar-refractivity contribution in [3.8, 4) is 0 Å². The molecule has 16 heavy (non-hydrogen) atoms. The molecule has 1 rings (SSSR count). The van der Waals surface area contributed by atoms with E-state index in [9.17, 15) is 4.79 Å². The summed E-state index contributed by atoms with van der Waals surface area (Å²) < 4.78 is 5.45. The highest BCUT2D eigenvalue weighted by Gasteiger charge is 2.23. The van der Waals surface area contributed by atoms with E-state index < -0.39 is 0 Å². The molecule has 0 aliphatic carbocycles. The Hall–Kier alpha value is -0.370. The lowest BCUT2D eigenvalue weighted by Crippen LogP contribution is -2.08. The average molecular weight is 226 g/mol. The summed E-state index contributed by atoms with van der Waals surface area (Å²) in [6, 6.07) is 0. The van der Waals surface area contributed by atoms with Crippen molar-refractivity contribution in [2.45, 2.75) is 58.8 Å². The van der Waals surface area contributed by atoms with Crippen LogP contribution in [0.15, 0.2) is 0 Å². The van der Waals surface area contributed by atoms with Crippen LogP contribution in [0, 0.1) is 11.8 Å². The van der Waals surface area contributed by atoms with Gasteiger partial charge >= 0.3 is 0 Å². The van der Waals surface area contributed by atoms with Crippen LogP contribution >= 0.6 is 0 Å². The van der Waals surface area contributed by atoms with Gasteiger partial charge in [0.25, 0.3) is 0 Å². The predicted octanol–water partition coefficient (Wildman–Crippen LogP) is 3.59. The van der Waals surface area contributed by atoms with E-state index in [0.29, 0.717) is 5.78 Å². The maximum Gasteiger partial charge on any atom is 0.129 e. The highest BCUT2D eigenvalue weighted by Crippen LogP contribution is 2.25. The smallest absolute Gasteiger partial charge is 0.129 e. The predicted molar refractivity (Wildman–Crippen MR) is 66.5 cm³/mol. The summed E-state index contributed by atoms with van der Waals surface area (Å²) in [5, 5.41) is 0. The lowest BCUT2D eigenvalue weighted by Gasteiger charge is -2.12. The first-order valence-electron chi connectivity index (χ1n) is 6.77. The number of hydrogen-bond donors (Lipinski definition) is 0. The minimum absolute atomic E-state index is 0.330. The van der Waals surface area contributed by atoms with Gasteiger partial charge in [-0.15, -0.1) is 0 Å². The van der Waals surface area contributed by atoms with E-state index >= 15 is 0 Å². The molecule has 0 saturated carbocycles. The standard InChI is InChI=1S/C14H26O2/c1-12-10-16-11-14(12)9-7-5-3-4-6-8-13(2)15/h12,14H,3-11H2,1-2H3. The minimum Gasteiger partial charge on any atom is -0.381 e. The molecule has 0 aromatic rings. The number of unbranched alkanes of at least 4 members (excludes halogenated alkanes) is 4. The lowest BCUT2D eigenvalue weighted by molar-refractivity contribution is -0.117. The van der Waals surface area contributed by atoms with Crippen LogP contribution < -0.4 is 0 Å². The molecule has 0 spiro atoms. The van der Waals surface area contributed by atoms with Gasteiger partial charge in [-0.2, -0.15) is 0 Å². The number of rotatable bonds is 8. The molecule has 0 aromatic carbocycles. The van der Waals surface area contributed by atoms with Crippen LogP contribution in [0.2, 0.25) is 0 Å². The lowest BCUT2D eigenvalue weighted by atomic mass is 9.92. The molecule has 0 aromatic heterocycles. The van der Waals surface area contributed by atoms with Crippen molar-refractivity contribution < 1.29 is 9.53 Å². The Bertz CT molecular complexity index is 201. The van der Waals surface area contributed by atoms with Gasteiger partial charge in [-0.05, 0) is 31.6 Å². The Labute approximate surface area is 99.8 Å². The summed E-state index contributed by atoms with van der Waals surface area (Å²) in [6.07, 6.45) is 8.34. The van der Waals surface area contributed by atoms with Gasteiger partial charge in [0.05, 0.1) is 0 Å². The molecule has 2 unspecified atom stereocenters. The molecular weight excluding hydrogens is 200 g/mol. The van der Waals surface area contributed by atoms with E-state index in [-0.39, 0.29) is 0 Å². The van der Waals surface area contributed by atoms with Crippen LogP contribution in [0.25, 0.3) is 0 Å². The second-order valence-corrected chi connectivity index (χ2v) is 5.28. The molecule has 1 heterocycles. The van der Waals surface area contributed by atoms with Crippen LogP contribution in [0.1, 0.15) is 58.8 Å². The van der Waals surface area contributed by atoms with Gasteiger partial charge < -0.3 is 9.53 Å². The molecule has 0 amide bonds. The molecule has 1 fully saturated rings. The third-order valence-corrected chi connectivity index (χ3v) is 3.62. The highest BCUT2D eigenvalue weighted by molar-refractivity contribution is 5.75. The summed E-state index contributed by atoms with van der Waals surface area (Å²) in [5.41, 5.74) is 0. The normalized spacial score (nSPS) is 24.9.